The highest BCUT2D eigenvalue weighted by Gasteiger charge is 2.04. The molecule has 0 aliphatic rings. The molecule has 0 saturated heterocycles. The molecule has 0 spiro atoms. The van der Waals surface area contributed by atoms with Gasteiger partial charge in [-0.3, -0.25) is 0 Å². The summed E-state index contributed by atoms with van der Waals surface area (Å²) in [5.41, 5.74) is 0. The molecular weight excluding hydrogens is 100 g/mol. The fourth-order valence-electron chi connectivity index (χ4n) is 0.519. The Morgan fingerprint density at radius 2 is 1.75 bits per heavy atom. The first-order chi connectivity index (χ1) is 3.68. The second-order valence-corrected chi connectivity index (χ2v) is 2.71. The third-order valence-corrected chi connectivity index (χ3v) is 1.71. The predicted octanol–water partition coefficient (Wildman–Crippen LogP) is 2.10. The first-order valence-corrected chi connectivity index (χ1v) is 3.26. The second-order valence-electron chi connectivity index (χ2n) is 2.71. The Hall–Kier alpha value is -0.0400. The van der Waals surface area contributed by atoms with Crippen molar-refractivity contribution in [2.75, 3.05) is 6.61 Å². The van der Waals surface area contributed by atoms with E-state index in [4.69, 9.17) is 0 Å². The highest BCUT2D eigenvalue weighted by molar-refractivity contribution is 4.54. The standard InChI is InChI=1S/C7H15O/c1-6(2)7(3)4-5-8/h6-7H,4-5H2,1-3H3. The van der Waals surface area contributed by atoms with Crippen LogP contribution in [0.15, 0.2) is 0 Å². The monoisotopic (exact) mass is 115 g/mol. The van der Waals surface area contributed by atoms with Gasteiger partial charge in [0.05, 0.1) is 6.61 Å². The normalized spacial score (nSPS) is 14.6. The van der Waals surface area contributed by atoms with Crippen LogP contribution in [0.2, 0.25) is 0 Å². The van der Waals surface area contributed by atoms with Crippen molar-refractivity contribution in [3.63, 3.8) is 0 Å². The summed E-state index contributed by atoms with van der Waals surface area (Å²) in [6.07, 6.45) is 0.831. The van der Waals surface area contributed by atoms with E-state index < -0.39 is 0 Å². The topological polar surface area (TPSA) is 19.9 Å². The van der Waals surface area contributed by atoms with E-state index in [1.54, 1.807) is 0 Å². The zero-order chi connectivity index (χ0) is 6.57. The lowest BCUT2D eigenvalue weighted by Gasteiger charge is -2.11. The molecule has 0 aromatic heterocycles. The van der Waals surface area contributed by atoms with Gasteiger partial charge in [0.2, 0.25) is 0 Å². The fourth-order valence-corrected chi connectivity index (χ4v) is 0.519. The van der Waals surface area contributed by atoms with E-state index >= 15 is 0 Å². The van der Waals surface area contributed by atoms with E-state index in [0.29, 0.717) is 11.8 Å². The first-order valence-electron chi connectivity index (χ1n) is 3.26. The molecule has 1 heteroatoms. The Labute approximate surface area is 51.7 Å². The molecule has 0 aliphatic carbocycles. The van der Waals surface area contributed by atoms with Gasteiger partial charge in [0.1, 0.15) is 0 Å². The Balaban J connectivity index is 3.17. The number of rotatable bonds is 3. The van der Waals surface area contributed by atoms with E-state index in [-0.39, 0.29) is 6.61 Å². The highest BCUT2D eigenvalue weighted by atomic mass is 16.3. The summed E-state index contributed by atoms with van der Waals surface area (Å²) in [6, 6.07) is 0. The molecule has 1 nitrogen and oxygen atoms in total. The molecule has 0 aliphatic heterocycles. The lowest BCUT2D eigenvalue weighted by atomic mass is 9.95. The van der Waals surface area contributed by atoms with Crippen molar-refractivity contribution in [1.29, 1.82) is 0 Å². The van der Waals surface area contributed by atoms with Gasteiger partial charge in [0.15, 0.2) is 0 Å². The quantitative estimate of drug-likeness (QED) is 0.536. The van der Waals surface area contributed by atoms with Crippen LogP contribution in [0.5, 0.6) is 0 Å². The Morgan fingerprint density at radius 1 is 1.25 bits per heavy atom. The Kier molecular flexibility index (Phi) is 3.88. The van der Waals surface area contributed by atoms with E-state index in [2.05, 4.69) is 20.8 Å². The molecule has 49 valence electrons. The van der Waals surface area contributed by atoms with Gasteiger partial charge in [0.25, 0.3) is 0 Å². The molecule has 0 aromatic carbocycles. The maximum absolute atomic E-state index is 10.0. The average Bonchev–Trinajstić information content (AvgIpc) is 1.67. The summed E-state index contributed by atoms with van der Waals surface area (Å²) >= 11 is 0. The Morgan fingerprint density at radius 3 is 1.88 bits per heavy atom. The smallest absolute Gasteiger partial charge is 0.0825 e. The van der Waals surface area contributed by atoms with Gasteiger partial charge in [0, 0.05) is 0 Å². The van der Waals surface area contributed by atoms with E-state index in [0.717, 1.165) is 6.42 Å². The van der Waals surface area contributed by atoms with Crippen LogP contribution in [0.25, 0.3) is 0 Å². The van der Waals surface area contributed by atoms with Gasteiger partial charge >= 0.3 is 0 Å². The van der Waals surface area contributed by atoms with Crippen molar-refractivity contribution in [1.82, 2.24) is 0 Å². The molecule has 1 unspecified atom stereocenters. The van der Waals surface area contributed by atoms with Crippen LogP contribution in [0, 0.1) is 11.8 Å². The predicted molar refractivity (Wildman–Crippen MR) is 34.2 cm³/mol. The van der Waals surface area contributed by atoms with Gasteiger partial charge in [-0.15, -0.1) is 0 Å². The maximum Gasteiger partial charge on any atom is 0.0825 e. The van der Waals surface area contributed by atoms with Gasteiger partial charge in [-0.1, -0.05) is 20.8 Å². The molecule has 0 bridgehead atoms. The SMILES string of the molecule is CC(C)C(C)CC[O]. The third-order valence-electron chi connectivity index (χ3n) is 1.71. The summed E-state index contributed by atoms with van der Waals surface area (Å²) in [6.45, 7) is 6.52. The lowest BCUT2D eigenvalue weighted by Crippen LogP contribution is -2.04. The van der Waals surface area contributed by atoms with Crippen molar-refractivity contribution >= 4 is 0 Å². The lowest BCUT2D eigenvalue weighted by molar-refractivity contribution is 0.163. The van der Waals surface area contributed by atoms with E-state index in [1.807, 2.05) is 0 Å². The zero-order valence-corrected chi connectivity index (χ0v) is 5.98. The summed E-state index contributed by atoms with van der Waals surface area (Å²) in [7, 11) is 0. The molecule has 0 amide bonds. The molecule has 0 heterocycles. The first kappa shape index (κ1) is 7.96. The van der Waals surface area contributed by atoms with Crippen LogP contribution in [0.1, 0.15) is 27.2 Å². The van der Waals surface area contributed by atoms with Crippen LogP contribution < -0.4 is 0 Å². The molecule has 0 aromatic rings. The molecule has 0 rings (SSSR count). The van der Waals surface area contributed by atoms with Crippen LogP contribution in [-0.2, 0) is 5.11 Å². The summed E-state index contributed by atoms with van der Waals surface area (Å²) in [4.78, 5) is 0. The second kappa shape index (κ2) is 3.90. The molecule has 1 atom stereocenters. The van der Waals surface area contributed by atoms with Crippen molar-refractivity contribution in [3.05, 3.63) is 0 Å². The minimum Gasteiger partial charge on any atom is -0.237 e. The molecule has 0 saturated carbocycles. The summed E-state index contributed by atoms with van der Waals surface area (Å²) in [5.74, 6) is 1.27. The van der Waals surface area contributed by atoms with Crippen molar-refractivity contribution in [2.24, 2.45) is 11.8 Å². The molecule has 0 N–H and O–H groups in total. The van der Waals surface area contributed by atoms with Crippen molar-refractivity contribution < 1.29 is 5.11 Å². The molecule has 1 radical (unpaired) electrons. The van der Waals surface area contributed by atoms with Gasteiger partial charge in [-0.2, -0.15) is 0 Å². The highest BCUT2D eigenvalue weighted by Crippen LogP contribution is 2.12. The summed E-state index contributed by atoms with van der Waals surface area (Å²) in [5, 5.41) is 10.0. The van der Waals surface area contributed by atoms with Crippen LogP contribution in [-0.4, -0.2) is 6.61 Å². The molecule has 0 fully saturated rings. The number of hydrogen-bond donors (Lipinski definition) is 0. The van der Waals surface area contributed by atoms with Crippen LogP contribution >= 0.6 is 0 Å². The minimum absolute atomic E-state index is 0.0827. The maximum atomic E-state index is 10.0. The van der Waals surface area contributed by atoms with E-state index in [1.165, 1.54) is 0 Å². The number of hydrogen-bond acceptors (Lipinski definition) is 0. The third kappa shape index (κ3) is 3.03. The largest absolute Gasteiger partial charge is 0.237 e. The summed E-state index contributed by atoms with van der Waals surface area (Å²) < 4.78 is 0. The fraction of sp³-hybridized carbons (Fsp3) is 1.00. The van der Waals surface area contributed by atoms with Crippen molar-refractivity contribution in [3.8, 4) is 0 Å². The average molecular weight is 115 g/mol. The van der Waals surface area contributed by atoms with Crippen LogP contribution in [0.4, 0.5) is 0 Å². The van der Waals surface area contributed by atoms with E-state index in [9.17, 15) is 5.11 Å². The van der Waals surface area contributed by atoms with Gasteiger partial charge in [-0.25, -0.2) is 5.11 Å². The van der Waals surface area contributed by atoms with Crippen LogP contribution in [0.3, 0.4) is 0 Å². The zero-order valence-electron chi connectivity index (χ0n) is 5.98. The Bertz CT molecular complexity index is 50.3. The van der Waals surface area contributed by atoms with Gasteiger partial charge in [-0.05, 0) is 18.3 Å². The minimum atomic E-state index is 0.0827. The molecular formula is C7H15O. The van der Waals surface area contributed by atoms with Crippen molar-refractivity contribution in [2.45, 2.75) is 27.2 Å². The molecule has 8 heavy (non-hydrogen) atoms. The van der Waals surface area contributed by atoms with Gasteiger partial charge < -0.3 is 0 Å².